The molecule has 2 aliphatic heterocycles. The fraction of sp³-hybridized carbons (Fsp3) is 0.542. The Hall–Kier alpha value is -2.32. The predicted molar refractivity (Wildman–Crippen MR) is 128 cm³/mol. The van der Waals surface area contributed by atoms with Crippen molar-refractivity contribution < 1.29 is 4.79 Å². The van der Waals surface area contributed by atoms with Crippen LogP contribution in [0.4, 0.5) is 10.7 Å². The Morgan fingerprint density at radius 2 is 1.88 bits per heavy atom. The largest absolute Gasteiger partial charge is 0.337 e. The molecule has 1 spiro atoms. The smallest absolute Gasteiger partial charge is 0.317 e. The molecular formula is C24H32N6OS. The van der Waals surface area contributed by atoms with Crippen LogP contribution in [0.2, 0.25) is 0 Å². The van der Waals surface area contributed by atoms with E-state index in [1.165, 1.54) is 5.56 Å². The van der Waals surface area contributed by atoms with Gasteiger partial charge in [-0.3, -0.25) is 4.90 Å². The summed E-state index contributed by atoms with van der Waals surface area (Å²) in [4.78, 5) is 29.6. The number of piperazine rings is 1. The number of amides is 2. The van der Waals surface area contributed by atoms with Gasteiger partial charge in [0, 0.05) is 68.6 Å². The van der Waals surface area contributed by atoms with Crippen LogP contribution in [0.25, 0.3) is 0 Å². The second-order valence-corrected chi connectivity index (χ2v) is 10.5. The number of anilines is 1. The Bertz CT molecular complexity index is 925. The molecule has 8 heteroatoms. The number of nitrogens with one attached hydrogen (secondary N) is 1. The van der Waals surface area contributed by atoms with Gasteiger partial charge in [0.15, 0.2) is 0 Å². The minimum Gasteiger partial charge on any atom is -0.337 e. The van der Waals surface area contributed by atoms with Crippen molar-refractivity contribution in [1.82, 2.24) is 25.1 Å². The number of thioether (sulfide) groups is 1. The van der Waals surface area contributed by atoms with E-state index >= 15 is 0 Å². The van der Waals surface area contributed by atoms with Crippen LogP contribution in [-0.4, -0.2) is 76.9 Å². The molecule has 2 amide bonds. The third kappa shape index (κ3) is 4.43. The van der Waals surface area contributed by atoms with Crippen molar-refractivity contribution in [2.75, 3.05) is 43.9 Å². The first-order valence-corrected chi connectivity index (χ1v) is 12.7. The number of benzene rings is 1. The van der Waals surface area contributed by atoms with Gasteiger partial charge >= 0.3 is 6.03 Å². The maximum Gasteiger partial charge on any atom is 0.317 e. The molecule has 1 atom stereocenters. The minimum absolute atomic E-state index is 0.0797. The average Bonchev–Trinajstić information content (AvgIpc) is 2.76. The van der Waals surface area contributed by atoms with E-state index in [9.17, 15) is 4.79 Å². The van der Waals surface area contributed by atoms with Crippen LogP contribution in [0.1, 0.15) is 25.3 Å². The zero-order valence-electron chi connectivity index (χ0n) is 18.9. The molecule has 3 aliphatic rings. The fourth-order valence-electron chi connectivity index (χ4n) is 5.48. The molecule has 1 N–H and O–H groups in total. The summed E-state index contributed by atoms with van der Waals surface area (Å²) in [5.74, 6) is 0.751. The predicted octanol–water partition coefficient (Wildman–Crippen LogP) is 3.08. The number of carbonyl (C=O) groups is 1. The van der Waals surface area contributed by atoms with Gasteiger partial charge in [-0.2, -0.15) is 0 Å². The molecule has 1 aromatic carbocycles. The lowest BCUT2D eigenvalue weighted by atomic mass is 9.60. The maximum atomic E-state index is 12.9. The lowest BCUT2D eigenvalue weighted by molar-refractivity contribution is -0.0810. The first-order chi connectivity index (χ1) is 15.5. The Kier molecular flexibility index (Phi) is 5.99. The van der Waals surface area contributed by atoms with E-state index in [0.717, 1.165) is 56.4 Å². The monoisotopic (exact) mass is 452 g/mol. The maximum absolute atomic E-state index is 12.9. The SMILES string of the molecule is CSc1cnc(N2CCN(C(=O)NC3CC4(C3)CN(Cc3ccccc3)C4)C(C)C2)nc1. The van der Waals surface area contributed by atoms with Gasteiger partial charge < -0.3 is 15.1 Å². The van der Waals surface area contributed by atoms with E-state index in [1.54, 1.807) is 11.8 Å². The summed E-state index contributed by atoms with van der Waals surface area (Å²) < 4.78 is 0. The van der Waals surface area contributed by atoms with Crippen LogP contribution >= 0.6 is 11.8 Å². The second-order valence-electron chi connectivity index (χ2n) is 9.60. The van der Waals surface area contributed by atoms with Crippen molar-refractivity contribution in [2.24, 2.45) is 5.41 Å². The van der Waals surface area contributed by atoms with E-state index in [0.29, 0.717) is 18.0 Å². The van der Waals surface area contributed by atoms with Gasteiger partial charge in [0.05, 0.1) is 0 Å². The highest BCUT2D eigenvalue weighted by atomic mass is 32.2. The third-order valence-electron chi connectivity index (χ3n) is 7.07. The quantitative estimate of drug-likeness (QED) is 0.704. The first-order valence-electron chi connectivity index (χ1n) is 11.5. The fourth-order valence-corrected chi connectivity index (χ4v) is 5.79. The summed E-state index contributed by atoms with van der Waals surface area (Å²) >= 11 is 1.64. The van der Waals surface area contributed by atoms with Crippen LogP contribution in [0.15, 0.2) is 47.6 Å². The van der Waals surface area contributed by atoms with Crippen molar-refractivity contribution in [3.8, 4) is 0 Å². The molecule has 2 saturated heterocycles. The summed E-state index contributed by atoms with van der Waals surface area (Å²) in [5, 5.41) is 3.29. The molecule has 1 aromatic heterocycles. The van der Waals surface area contributed by atoms with E-state index < -0.39 is 0 Å². The molecule has 3 fully saturated rings. The number of hydrogen-bond donors (Lipinski definition) is 1. The molecule has 0 radical (unpaired) electrons. The molecule has 3 heterocycles. The summed E-state index contributed by atoms with van der Waals surface area (Å²) in [6, 6.07) is 11.2. The van der Waals surface area contributed by atoms with E-state index in [4.69, 9.17) is 0 Å². The van der Waals surface area contributed by atoms with E-state index in [2.05, 4.69) is 62.3 Å². The average molecular weight is 453 g/mol. The van der Waals surface area contributed by atoms with Crippen LogP contribution in [-0.2, 0) is 6.54 Å². The normalized spacial score (nSPS) is 23.0. The standard InChI is InChI=1S/C24H32N6OS/c1-18-14-29(22-25-12-21(32-2)13-26-22)8-9-30(18)23(31)27-20-10-24(11-20)16-28(17-24)15-19-6-4-3-5-7-19/h3-7,12-13,18,20H,8-11,14-17H2,1-2H3,(H,27,31). The van der Waals surface area contributed by atoms with Crippen LogP contribution in [0, 0.1) is 5.41 Å². The highest BCUT2D eigenvalue weighted by Crippen LogP contribution is 2.48. The summed E-state index contributed by atoms with van der Waals surface area (Å²) in [7, 11) is 0. The first kappa shape index (κ1) is 21.5. The number of rotatable bonds is 5. The summed E-state index contributed by atoms with van der Waals surface area (Å²) in [6.07, 6.45) is 7.96. The number of nitrogens with zero attached hydrogens (tertiary/aromatic N) is 5. The molecule has 1 saturated carbocycles. The molecule has 5 rings (SSSR count). The van der Waals surface area contributed by atoms with Gasteiger partial charge in [-0.15, -0.1) is 11.8 Å². The molecule has 170 valence electrons. The van der Waals surface area contributed by atoms with Crippen molar-refractivity contribution >= 4 is 23.7 Å². The minimum atomic E-state index is 0.0797. The van der Waals surface area contributed by atoms with Gasteiger partial charge in [-0.1, -0.05) is 30.3 Å². The highest BCUT2D eigenvalue weighted by molar-refractivity contribution is 7.98. The van der Waals surface area contributed by atoms with Crippen molar-refractivity contribution in [3.05, 3.63) is 48.3 Å². The molecule has 1 unspecified atom stereocenters. The van der Waals surface area contributed by atoms with Crippen LogP contribution in [0.3, 0.4) is 0 Å². The zero-order chi connectivity index (χ0) is 22.1. The molecule has 0 bridgehead atoms. The molecule has 1 aliphatic carbocycles. The Balaban J connectivity index is 1.05. The Morgan fingerprint density at radius 3 is 2.53 bits per heavy atom. The van der Waals surface area contributed by atoms with Crippen molar-refractivity contribution in [3.63, 3.8) is 0 Å². The zero-order valence-corrected chi connectivity index (χ0v) is 19.7. The highest BCUT2D eigenvalue weighted by Gasteiger charge is 2.52. The third-order valence-corrected chi connectivity index (χ3v) is 7.76. The van der Waals surface area contributed by atoms with Gasteiger partial charge in [0.25, 0.3) is 0 Å². The molecule has 7 nitrogen and oxygen atoms in total. The second kappa shape index (κ2) is 8.90. The van der Waals surface area contributed by atoms with Crippen LogP contribution < -0.4 is 10.2 Å². The van der Waals surface area contributed by atoms with Gasteiger partial charge in [-0.25, -0.2) is 14.8 Å². The molecular weight excluding hydrogens is 420 g/mol. The van der Waals surface area contributed by atoms with Gasteiger partial charge in [0.2, 0.25) is 5.95 Å². The number of urea groups is 1. The molecule has 32 heavy (non-hydrogen) atoms. The van der Waals surface area contributed by atoms with E-state index in [1.807, 2.05) is 23.5 Å². The van der Waals surface area contributed by atoms with E-state index in [-0.39, 0.29) is 12.1 Å². The Morgan fingerprint density at radius 1 is 1.16 bits per heavy atom. The topological polar surface area (TPSA) is 64.6 Å². The summed E-state index contributed by atoms with van der Waals surface area (Å²) in [5.41, 5.74) is 1.81. The number of carbonyl (C=O) groups excluding carboxylic acids is 1. The van der Waals surface area contributed by atoms with Gasteiger partial charge in [0.1, 0.15) is 0 Å². The lowest BCUT2D eigenvalue weighted by Gasteiger charge is -2.59. The van der Waals surface area contributed by atoms with Crippen molar-refractivity contribution in [1.29, 1.82) is 0 Å². The number of likely N-dealkylation sites (tertiary alicyclic amines) is 1. The van der Waals surface area contributed by atoms with Gasteiger partial charge in [-0.05, 0) is 37.0 Å². The van der Waals surface area contributed by atoms with Crippen molar-refractivity contribution in [2.45, 2.75) is 43.3 Å². The number of hydrogen-bond acceptors (Lipinski definition) is 6. The van der Waals surface area contributed by atoms with Crippen LogP contribution in [0.5, 0.6) is 0 Å². The molecule has 2 aromatic rings. The lowest BCUT2D eigenvalue weighted by Crippen LogP contribution is -2.67. The number of aromatic nitrogens is 2. The Labute approximate surface area is 194 Å². The summed E-state index contributed by atoms with van der Waals surface area (Å²) in [6.45, 7) is 7.66.